The lowest BCUT2D eigenvalue weighted by Gasteiger charge is -2.39. The molecule has 11 nitrogen and oxygen atoms in total. The molecule has 0 radical (unpaired) electrons. The Labute approximate surface area is 188 Å². The van der Waals surface area contributed by atoms with Crippen molar-refractivity contribution in [2.45, 2.75) is 37.3 Å². The molecule has 5 atom stereocenters. The molecular weight excluding hydrogens is 440 g/mol. The third-order valence-electron chi connectivity index (χ3n) is 4.92. The Kier molecular flexibility index (Phi) is 7.74. The van der Waals surface area contributed by atoms with Crippen LogP contribution in [-0.2, 0) is 20.9 Å². The van der Waals surface area contributed by atoms with Crippen molar-refractivity contribution in [2.75, 3.05) is 6.61 Å². The molecule has 0 spiro atoms. The van der Waals surface area contributed by atoms with Gasteiger partial charge < -0.3 is 50.0 Å². The predicted molar refractivity (Wildman–Crippen MR) is 111 cm³/mol. The summed E-state index contributed by atoms with van der Waals surface area (Å²) in [6.45, 7) is -0.971. The number of phenolic OH excluding ortho intramolecular Hbond substituents is 3. The topological polar surface area (TPSA) is 186 Å². The third-order valence-corrected chi connectivity index (χ3v) is 4.92. The summed E-state index contributed by atoms with van der Waals surface area (Å²) in [4.78, 5) is 12.1. The Balaban J connectivity index is 1.67. The number of aliphatic hydroxyl groups excluding tert-OH is 4. The Morgan fingerprint density at radius 2 is 1.73 bits per heavy atom. The second-order valence-electron chi connectivity index (χ2n) is 7.30. The van der Waals surface area contributed by atoms with Gasteiger partial charge in [-0.25, -0.2) is 4.79 Å². The number of hydrogen-bond acceptors (Lipinski definition) is 11. The van der Waals surface area contributed by atoms with Crippen molar-refractivity contribution >= 4 is 12.0 Å². The highest BCUT2D eigenvalue weighted by Crippen LogP contribution is 2.29. The molecule has 0 aliphatic carbocycles. The van der Waals surface area contributed by atoms with Gasteiger partial charge >= 0.3 is 5.97 Å². The van der Waals surface area contributed by atoms with Crippen molar-refractivity contribution in [1.82, 2.24) is 0 Å². The molecule has 0 amide bonds. The standard InChI is InChI=1S/C22H24O11/c23-9-17-19(28)20(29)21(30)22(33-17)32-16-5-3-13(24)8-12(16)10-31-18(27)6-2-11-1-4-14(25)15(26)7-11/h1-8,17,19-26,28-30H,9-10H2. The van der Waals surface area contributed by atoms with Gasteiger partial charge in [0.1, 0.15) is 42.5 Å². The second-order valence-corrected chi connectivity index (χ2v) is 7.30. The first-order valence-electron chi connectivity index (χ1n) is 9.85. The zero-order valence-electron chi connectivity index (χ0n) is 17.2. The molecule has 178 valence electrons. The number of benzene rings is 2. The third kappa shape index (κ3) is 5.92. The van der Waals surface area contributed by atoms with Crippen molar-refractivity contribution in [2.24, 2.45) is 0 Å². The molecule has 0 saturated carbocycles. The van der Waals surface area contributed by atoms with E-state index in [1.807, 2.05) is 0 Å². The molecule has 2 aromatic carbocycles. The first-order chi connectivity index (χ1) is 15.7. The van der Waals surface area contributed by atoms with Gasteiger partial charge in [0.25, 0.3) is 0 Å². The molecule has 1 aliphatic heterocycles. The molecule has 0 aromatic heterocycles. The summed E-state index contributed by atoms with van der Waals surface area (Å²) >= 11 is 0. The Morgan fingerprint density at radius 3 is 2.42 bits per heavy atom. The van der Waals surface area contributed by atoms with Crippen molar-refractivity contribution in [3.63, 3.8) is 0 Å². The number of aliphatic hydroxyl groups is 4. The quantitative estimate of drug-likeness (QED) is 0.163. The van der Waals surface area contributed by atoms with Crippen molar-refractivity contribution in [3.05, 3.63) is 53.6 Å². The molecule has 0 bridgehead atoms. The maximum absolute atomic E-state index is 12.1. The van der Waals surface area contributed by atoms with E-state index in [4.69, 9.17) is 14.2 Å². The maximum atomic E-state index is 12.1. The van der Waals surface area contributed by atoms with Gasteiger partial charge in [-0.2, -0.15) is 0 Å². The van der Waals surface area contributed by atoms with E-state index in [1.54, 1.807) is 0 Å². The normalized spacial score (nSPS) is 25.2. The van der Waals surface area contributed by atoms with Gasteiger partial charge in [0.2, 0.25) is 6.29 Å². The predicted octanol–water partition coefficient (Wildman–Crippen LogP) is -0.261. The summed E-state index contributed by atoms with van der Waals surface area (Å²) in [7, 11) is 0. The van der Waals surface area contributed by atoms with E-state index in [0.29, 0.717) is 5.56 Å². The van der Waals surface area contributed by atoms with E-state index >= 15 is 0 Å². The van der Waals surface area contributed by atoms with E-state index in [9.17, 15) is 40.5 Å². The lowest BCUT2D eigenvalue weighted by atomic mass is 9.99. The molecule has 7 N–H and O–H groups in total. The fraction of sp³-hybridized carbons (Fsp3) is 0.318. The van der Waals surface area contributed by atoms with Crippen LogP contribution in [0, 0.1) is 0 Å². The Morgan fingerprint density at radius 1 is 0.970 bits per heavy atom. The van der Waals surface area contributed by atoms with Crippen LogP contribution in [0.1, 0.15) is 11.1 Å². The summed E-state index contributed by atoms with van der Waals surface area (Å²) in [5.41, 5.74) is 0.641. The van der Waals surface area contributed by atoms with Crippen LogP contribution in [0.15, 0.2) is 42.5 Å². The number of carbonyl (C=O) groups is 1. The van der Waals surface area contributed by atoms with Crippen LogP contribution in [0.2, 0.25) is 0 Å². The number of carbonyl (C=O) groups excluding carboxylic acids is 1. The molecule has 1 fully saturated rings. The van der Waals surface area contributed by atoms with E-state index in [0.717, 1.165) is 6.08 Å². The minimum Gasteiger partial charge on any atom is -0.508 e. The SMILES string of the molecule is O=C(C=Cc1ccc(O)c(O)c1)OCc1cc(O)ccc1OC1OC(CO)C(O)C(O)C1O. The number of ether oxygens (including phenoxy) is 3. The van der Waals surface area contributed by atoms with Crippen LogP contribution < -0.4 is 4.74 Å². The van der Waals surface area contributed by atoms with E-state index < -0.39 is 43.3 Å². The highest BCUT2D eigenvalue weighted by Gasteiger charge is 2.44. The summed E-state index contributed by atoms with van der Waals surface area (Å²) < 4.78 is 16.0. The molecule has 11 heteroatoms. The largest absolute Gasteiger partial charge is 0.508 e. The second kappa shape index (κ2) is 10.5. The summed E-state index contributed by atoms with van der Waals surface area (Å²) in [5, 5.41) is 67.8. The number of rotatable bonds is 7. The minimum atomic E-state index is -1.64. The van der Waals surface area contributed by atoms with Gasteiger partial charge in [0.15, 0.2) is 11.5 Å². The molecule has 1 aliphatic rings. The molecule has 1 heterocycles. The van der Waals surface area contributed by atoms with Crippen molar-refractivity contribution < 1.29 is 54.8 Å². The van der Waals surface area contributed by atoms with Crippen molar-refractivity contribution in [3.8, 4) is 23.0 Å². The van der Waals surface area contributed by atoms with Gasteiger partial charge in [0.05, 0.1) is 6.61 Å². The zero-order chi connectivity index (χ0) is 24.1. The van der Waals surface area contributed by atoms with Gasteiger partial charge in [-0.1, -0.05) is 6.07 Å². The van der Waals surface area contributed by atoms with E-state index in [2.05, 4.69) is 0 Å². The lowest BCUT2D eigenvalue weighted by molar-refractivity contribution is -0.277. The smallest absolute Gasteiger partial charge is 0.331 e. The monoisotopic (exact) mass is 464 g/mol. The van der Waals surface area contributed by atoms with Gasteiger partial charge in [-0.05, 0) is 42.0 Å². The average Bonchev–Trinajstić information content (AvgIpc) is 2.80. The van der Waals surface area contributed by atoms with Crippen LogP contribution in [0.4, 0.5) is 0 Å². The molecule has 3 rings (SSSR count). The molecule has 1 saturated heterocycles. The van der Waals surface area contributed by atoms with Crippen LogP contribution in [0.3, 0.4) is 0 Å². The average molecular weight is 464 g/mol. The maximum Gasteiger partial charge on any atom is 0.331 e. The van der Waals surface area contributed by atoms with E-state index in [-0.39, 0.29) is 35.2 Å². The fourth-order valence-electron chi connectivity index (χ4n) is 3.09. The highest BCUT2D eigenvalue weighted by atomic mass is 16.7. The van der Waals surface area contributed by atoms with Crippen LogP contribution in [-0.4, -0.2) is 79.0 Å². The Bertz CT molecular complexity index is 1000. The van der Waals surface area contributed by atoms with Crippen molar-refractivity contribution in [1.29, 1.82) is 0 Å². The van der Waals surface area contributed by atoms with Crippen LogP contribution >= 0.6 is 0 Å². The molecular formula is C22H24O11. The molecule has 2 aromatic rings. The highest BCUT2D eigenvalue weighted by molar-refractivity contribution is 5.87. The molecule has 33 heavy (non-hydrogen) atoms. The lowest BCUT2D eigenvalue weighted by Crippen LogP contribution is -2.60. The van der Waals surface area contributed by atoms with Crippen LogP contribution in [0.5, 0.6) is 23.0 Å². The summed E-state index contributed by atoms with van der Waals surface area (Å²) in [5.74, 6) is -1.51. The summed E-state index contributed by atoms with van der Waals surface area (Å²) in [6, 6.07) is 7.85. The summed E-state index contributed by atoms with van der Waals surface area (Å²) in [6.07, 6.45) is -5.01. The zero-order valence-corrected chi connectivity index (χ0v) is 17.2. The Hall–Kier alpha value is -3.35. The van der Waals surface area contributed by atoms with E-state index in [1.165, 1.54) is 42.5 Å². The number of aromatic hydroxyl groups is 3. The van der Waals surface area contributed by atoms with Crippen LogP contribution in [0.25, 0.3) is 6.08 Å². The number of phenols is 3. The van der Waals surface area contributed by atoms with Gasteiger partial charge in [-0.15, -0.1) is 0 Å². The number of hydrogen-bond donors (Lipinski definition) is 7. The minimum absolute atomic E-state index is 0.0531. The van der Waals surface area contributed by atoms with Gasteiger partial charge in [-0.3, -0.25) is 0 Å². The first-order valence-corrected chi connectivity index (χ1v) is 9.85. The fourth-order valence-corrected chi connectivity index (χ4v) is 3.09. The number of esters is 1. The van der Waals surface area contributed by atoms with Gasteiger partial charge in [0, 0.05) is 11.6 Å². The molecule has 5 unspecified atom stereocenters. The first kappa shape index (κ1) is 24.3.